The highest BCUT2D eigenvalue weighted by molar-refractivity contribution is 7.22. The number of tetrazole rings is 1. The van der Waals surface area contributed by atoms with Crippen molar-refractivity contribution in [1.82, 2.24) is 25.6 Å². The summed E-state index contributed by atoms with van der Waals surface area (Å²) in [5, 5.41) is 15.9. The molecule has 0 aliphatic rings. The van der Waals surface area contributed by atoms with E-state index in [0.29, 0.717) is 11.7 Å². The van der Waals surface area contributed by atoms with Gasteiger partial charge in [0.05, 0.1) is 16.8 Å². The van der Waals surface area contributed by atoms with E-state index in [-0.39, 0.29) is 5.82 Å². The number of hydrogen-bond donors (Lipinski definition) is 2. The number of nitrogens with one attached hydrogen (secondary N) is 2. The molecule has 0 spiro atoms. The van der Waals surface area contributed by atoms with Gasteiger partial charge in [0.25, 0.3) is 11.7 Å². The fourth-order valence-corrected chi connectivity index (χ4v) is 2.52. The Kier molecular flexibility index (Phi) is 3.25. The van der Waals surface area contributed by atoms with Crippen LogP contribution in [-0.4, -0.2) is 38.1 Å². The quantitative estimate of drug-likeness (QED) is 0.753. The predicted octanol–water partition coefficient (Wildman–Crippen LogP) is 1.46. The topological polar surface area (TPSA) is 106 Å². The van der Waals surface area contributed by atoms with Crippen molar-refractivity contribution in [3.63, 3.8) is 0 Å². The van der Waals surface area contributed by atoms with E-state index in [9.17, 15) is 4.79 Å². The van der Waals surface area contributed by atoms with E-state index >= 15 is 0 Å². The Hall–Kier alpha value is -2.55. The molecule has 0 saturated carbocycles. The molecule has 3 rings (SSSR count). The molecule has 0 bridgehead atoms. The third-order valence-corrected chi connectivity index (χ3v) is 3.37. The molecule has 2 heterocycles. The van der Waals surface area contributed by atoms with Crippen LogP contribution in [0, 0.1) is 0 Å². The van der Waals surface area contributed by atoms with Gasteiger partial charge in [-0.2, -0.15) is 5.21 Å². The van der Waals surface area contributed by atoms with Crippen LogP contribution in [0.4, 0.5) is 5.13 Å². The molecule has 2 aromatic heterocycles. The van der Waals surface area contributed by atoms with Gasteiger partial charge in [-0.1, -0.05) is 11.3 Å². The lowest BCUT2D eigenvalue weighted by Gasteiger charge is -2.00. The zero-order valence-electron chi connectivity index (χ0n) is 10.5. The van der Waals surface area contributed by atoms with Gasteiger partial charge >= 0.3 is 0 Å². The van der Waals surface area contributed by atoms with Gasteiger partial charge in [-0.15, -0.1) is 10.2 Å². The van der Waals surface area contributed by atoms with Crippen molar-refractivity contribution in [1.29, 1.82) is 0 Å². The molecule has 0 unspecified atom stereocenters. The summed E-state index contributed by atoms with van der Waals surface area (Å²) in [4.78, 5) is 16.1. The first-order valence-corrected chi connectivity index (χ1v) is 6.66. The summed E-state index contributed by atoms with van der Waals surface area (Å²) in [5.41, 5.74) is 0.793. The summed E-state index contributed by atoms with van der Waals surface area (Å²) < 4.78 is 6.35. The van der Waals surface area contributed by atoms with Crippen molar-refractivity contribution in [2.24, 2.45) is 0 Å². The van der Waals surface area contributed by atoms with Crippen LogP contribution in [0.15, 0.2) is 18.2 Å². The molecule has 9 heteroatoms. The lowest BCUT2D eigenvalue weighted by molar-refractivity contribution is 0.101. The maximum Gasteiger partial charge on any atom is 0.299 e. The SMILES string of the molecule is CCOc1ccc2nc(NC(=O)c3nn[nH]n3)sc2c1. The average molecular weight is 290 g/mol. The Morgan fingerprint density at radius 2 is 2.40 bits per heavy atom. The molecular formula is C11H10N6O2S. The van der Waals surface area contributed by atoms with Gasteiger partial charge in [-0.05, 0) is 30.3 Å². The zero-order valence-corrected chi connectivity index (χ0v) is 11.3. The summed E-state index contributed by atoms with van der Waals surface area (Å²) in [6.07, 6.45) is 0. The lowest BCUT2D eigenvalue weighted by Crippen LogP contribution is -2.13. The second kappa shape index (κ2) is 5.21. The molecule has 3 aromatic rings. The fourth-order valence-electron chi connectivity index (χ4n) is 1.63. The highest BCUT2D eigenvalue weighted by atomic mass is 32.1. The van der Waals surface area contributed by atoms with Crippen LogP contribution >= 0.6 is 11.3 Å². The number of carbonyl (C=O) groups is 1. The van der Waals surface area contributed by atoms with Gasteiger partial charge in [0.1, 0.15) is 5.75 Å². The molecule has 2 N–H and O–H groups in total. The average Bonchev–Trinajstić information content (AvgIpc) is 3.06. The van der Waals surface area contributed by atoms with Crippen LogP contribution in [-0.2, 0) is 0 Å². The van der Waals surface area contributed by atoms with Crippen LogP contribution in [0.25, 0.3) is 10.2 Å². The Morgan fingerprint density at radius 1 is 1.50 bits per heavy atom. The van der Waals surface area contributed by atoms with Crippen LogP contribution in [0.5, 0.6) is 5.75 Å². The largest absolute Gasteiger partial charge is 0.494 e. The number of carbonyl (C=O) groups excluding carboxylic acids is 1. The van der Waals surface area contributed by atoms with Crippen LogP contribution < -0.4 is 10.1 Å². The van der Waals surface area contributed by atoms with E-state index < -0.39 is 5.91 Å². The van der Waals surface area contributed by atoms with Crippen molar-refractivity contribution in [2.75, 3.05) is 11.9 Å². The Labute approximate surface area is 117 Å². The number of anilines is 1. The van der Waals surface area contributed by atoms with Gasteiger partial charge in [0, 0.05) is 0 Å². The summed E-state index contributed by atoms with van der Waals surface area (Å²) >= 11 is 1.35. The van der Waals surface area contributed by atoms with Crippen LogP contribution in [0.1, 0.15) is 17.5 Å². The first-order valence-electron chi connectivity index (χ1n) is 5.84. The van der Waals surface area contributed by atoms with E-state index in [1.54, 1.807) is 0 Å². The number of hydrogen-bond acceptors (Lipinski definition) is 7. The molecule has 0 aliphatic carbocycles. The van der Waals surface area contributed by atoms with Crippen molar-refractivity contribution in [3.05, 3.63) is 24.0 Å². The Bertz CT molecular complexity index is 739. The Balaban J connectivity index is 1.84. The summed E-state index contributed by atoms with van der Waals surface area (Å²) in [5.74, 6) is 0.293. The van der Waals surface area contributed by atoms with Gasteiger partial charge in [0.15, 0.2) is 5.13 Å². The minimum absolute atomic E-state index is 0.0285. The number of rotatable bonds is 4. The number of fused-ring (bicyclic) bond motifs is 1. The number of aromatic amines is 1. The summed E-state index contributed by atoms with van der Waals surface area (Å²) in [6, 6.07) is 5.58. The maximum atomic E-state index is 11.8. The van der Waals surface area contributed by atoms with E-state index in [1.165, 1.54) is 11.3 Å². The molecule has 0 radical (unpaired) electrons. The molecule has 0 aliphatic heterocycles. The number of aromatic nitrogens is 5. The highest BCUT2D eigenvalue weighted by Crippen LogP contribution is 2.29. The van der Waals surface area contributed by atoms with E-state index in [0.717, 1.165) is 16.0 Å². The van der Waals surface area contributed by atoms with Gasteiger partial charge in [-0.25, -0.2) is 4.98 Å². The molecular weight excluding hydrogens is 280 g/mol. The molecule has 1 amide bonds. The second-order valence-electron chi connectivity index (χ2n) is 3.77. The fraction of sp³-hybridized carbons (Fsp3) is 0.182. The minimum Gasteiger partial charge on any atom is -0.494 e. The lowest BCUT2D eigenvalue weighted by atomic mass is 10.3. The van der Waals surface area contributed by atoms with Crippen molar-refractivity contribution >= 4 is 32.6 Å². The van der Waals surface area contributed by atoms with E-state index in [2.05, 4.69) is 30.9 Å². The van der Waals surface area contributed by atoms with E-state index in [4.69, 9.17) is 4.74 Å². The molecule has 8 nitrogen and oxygen atoms in total. The summed E-state index contributed by atoms with van der Waals surface area (Å²) in [6.45, 7) is 2.53. The van der Waals surface area contributed by atoms with Crippen molar-refractivity contribution < 1.29 is 9.53 Å². The smallest absolute Gasteiger partial charge is 0.299 e. The number of thiazole rings is 1. The highest BCUT2D eigenvalue weighted by Gasteiger charge is 2.13. The van der Waals surface area contributed by atoms with Crippen LogP contribution in [0.2, 0.25) is 0 Å². The predicted molar refractivity (Wildman–Crippen MR) is 72.9 cm³/mol. The zero-order chi connectivity index (χ0) is 13.9. The summed E-state index contributed by atoms with van der Waals surface area (Å²) in [7, 11) is 0. The number of H-pyrrole nitrogens is 1. The standard InChI is InChI=1S/C11H10N6O2S/c1-2-19-6-3-4-7-8(5-6)20-11(12-7)13-10(18)9-14-16-17-15-9/h3-5H,2H2,1H3,(H,12,13,18)(H,14,15,16,17). The third kappa shape index (κ3) is 2.43. The first-order chi connectivity index (χ1) is 9.76. The number of nitrogens with zero attached hydrogens (tertiary/aromatic N) is 4. The maximum absolute atomic E-state index is 11.8. The van der Waals surface area contributed by atoms with Gasteiger partial charge in [-0.3, -0.25) is 10.1 Å². The molecule has 1 aromatic carbocycles. The number of ether oxygens (including phenoxy) is 1. The number of amides is 1. The van der Waals surface area contributed by atoms with Crippen molar-refractivity contribution in [3.8, 4) is 5.75 Å². The minimum atomic E-state index is -0.456. The molecule has 0 atom stereocenters. The first kappa shape index (κ1) is 12.5. The van der Waals surface area contributed by atoms with E-state index in [1.807, 2.05) is 25.1 Å². The van der Waals surface area contributed by atoms with Crippen LogP contribution in [0.3, 0.4) is 0 Å². The Morgan fingerprint density at radius 3 is 3.15 bits per heavy atom. The monoisotopic (exact) mass is 290 g/mol. The second-order valence-corrected chi connectivity index (χ2v) is 4.80. The molecule has 0 saturated heterocycles. The molecule has 20 heavy (non-hydrogen) atoms. The molecule has 0 fully saturated rings. The third-order valence-electron chi connectivity index (χ3n) is 2.44. The van der Waals surface area contributed by atoms with Gasteiger partial charge in [0.2, 0.25) is 0 Å². The molecule has 102 valence electrons. The van der Waals surface area contributed by atoms with Crippen molar-refractivity contribution in [2.45, 2.75) is 6.92 Å². The normalized spacial score (nSPS) is 10.7. The number of benzene rings is 1. The van der Waals surface area contributed by atoms with Gasteiger partial charge < -0.3 is 4.74 Å².